The quantitative estimate of drug-likeness (QED) is 0.921. The van der Waals surface area contributed by atoms with Crippen LogP contribution in [0.5, 0.6) is 5.88 Å². The number of ether oxygens (including phenoxy) is 2. The minimum Gasteiger partial charge on any atom is -0.475 e. The van der Waals surface area contributed by atoms with E-state index in [1.165, 1.54) is 0 Å². The van der Waals surface area contributed by atoms with Crippen molar-refractivity contribution in [3.8, 4) is 5.88 Å². The normalized spacial score (nSPS) is 17.8. The molecule has 1 unspecified atom stereocenters. The molecule has 1 fully saturated rings. The molecule has 1 atom stereocenters. The Balaban J connectivity index is 1.89. The summed E-state index contributed by atoms with van der Waals surface area (Å²) in [7, 11) is 0. The van der Waals surface area contributed by atoms with Crippen LogP contribution in [-0.4, -0.2) is 51.9 Å². The van der Waals surface area contributed by atoms with E-state index in [1.807, 2.05) is 32.6 Å². The number of aryl methyl sites for hydroxylation is 2. The molecular formula is C18H24N4O3. The molecule has 7 heteroatoms. The molecule has 3 heterocycles. The topological polar surface area (TPSA) is 80.3 Å². The number of amides is 1. The van der Waals surface area contributed by atoms with Gasteiger partial charge in [-0.05, 0) is 33.8 Å². The number of rotatable bonds is 4. The van der Waals surface area contributed by atoms with Crippen LogP contribution in [0.1, 0.15) is 47.3 Å². The van der Waals surface area contributed by atoms with Gasteiger partial charge in [-0.15, -0.1) is 0 Å². The average Bonchev–Trinajstić information content (AvgIpc) is 2.92. The number of nitrogens with zero attached hydrogens (tertiary/aromatic N) is 3. The second kappa shape index (κ2) is 7.23. The molecule has 1 aliphatic heterocycles. The molecule has 1 saturated heterocycles. The molecule has 0 spiro atoms. The molecule has 2 aromatic rings. The largest absolute Gasteiger partial charge is 0.475 e. The van der Waals surface area contributed by atoms with Gasteiger partial charge in [-0.25, -0.2) is 4.98 Å². The molecule has 134 valence electrons. The maximum atomic E-state index is 13.1. The Morgan fingerprint density at radius 1 is 1.40 bits per heavy atom. The van der Waals surface area contributed by atoms with Crippen molar-refractivity contribution in [1.29, 1.82) is 0 Å². The fourth-order valence-electron chi connectivity index (χ4n) is 3.12. The van der Waals surface area contributed by atoms with Gasteiger partial charge < -0.3 is 14.4 Å². The van der Waals surface area contributed by atoms with E-state index in [0.717, 1.165) is 17.0 Å². The van der Waals surface area contributed by atoms with Crippen LogP contribution in [0.25, 0.3) is 0 Å². The molecule has 1 N–H and O–H groups in total. The number of pyridine rings is 1. The van der Waals surface area contributed by atoms with Crippen LogP contribution in [0.4, 0.5) is 0 Å². The second-order valence-electron chi connectivity index (χ2n) is 6.46. The van der Waals surface area contributed by atoms with Gasteiger partial charge in [0, 0.05) is 23.9 Å². The SMILES string of the molecule is Cc1n[nH]c(C)c1C1COCCN1C(=O)c1cccc(OC(C)C)n1. The van der Waals surface area contributed by atoms with Crippen molar-refractivity contribution >= 4 is 5.91 Å². The molecule has 0 aromatic carbocycles. The summed E-state index contributed by atoms with van der Waals surface area (Å²) in [6.07, 6.45) is 0.00483. The monoisotopic (exact) mass is 344 g/mol. The van der Waals surface area contributed by atoms with Gasteiger partial charge in [0.15, 0.2) is 0 Å². The minimum absolute atomic E-state index is 0.00483. The standard InChI is InChI=1S/C18H24N4O3/c1-11(2)25-16-7-5-6-14(19-16)18(23)22-8-9-24-10-15(22)17-12(3)20-21-13(17)4/h5-7,11,15H,8-10H2,1-4H3,(H,20,21). The van der Waals surface area contributed by atoms with Crippen molar-refractivity contribution in [1.82, 2.24) is 20.1 Å². The summed E-state index contributed by atoms with van der Waals surface area (Å²) < 4.78 is 11.2. The smallest absolute Gasteiger partial charge is 0.273 e. The molecule has 0 aliphatic carbocycles. The van der Waals surface area contributed by atoms with Crippen molar-refractivity contribution in [2.24, 2.45) is 0 Å². The number of morpholine rings is 1. The van der Waals surface area contributed by atoms with E-state index in [2.05, 4.69) is 15.2 Å². The molecule has 7 nitrogen and oxygen atoms in total. The van der Waals surface area contributed by atoms with Gasteiger partial charge in [0.05, 0.1) is 31.1 Å². The zero-order valence-electron chi connectivity index (χ0n) is 15.1. The lowest BCUT2D eigenvalue weighted by Gasteiger charge is -2.35. The van der Waals surface area contributed by atoms with E-state index in [-0.39, 0.29) is 18.1 Å². The van der Waals surface area contributed by atoms with Gasteiger partial charge in [0.25, 0.3) is 5.91 Å². The molecular weight excluding hydrogens is 320 g/mol. The van der Waals surface area contributed by atoms with Crippen molar-refractivity contribution in [3.63, 3.8) is 0 Å². The van der Waals surface area contributed by atoms with Crippen LogP contribution in [0.15, 0.2) is 18.2 Å². The molecule has 0 bridgehead atoms. The number of H-pyrrole nitrogens is 1. The lowest BCUT2D eigenvalue weighted by Crippen LogP contribution is -2.44. The van der Waals surface area contributed by atoms with Crippen LogP contribution in [0, 0.1) is 13.8 Å². The molecule has 1 aliphatic rings. The first kappa shape index (κ1) is 17.4. The van der Waals surface area contributed by atoms with Crippen molar-refractivity contribution in [3.05, 3.63) is 40.8 Å². The Bertz CT molecular complexity index is 737. The summed E-state index contributed by atoms with van der Waals surface area (Å²) in [6, 6.07) is 5.10. The van der Waals surface area contributed by atoms with Gasteiger partial charge in [0.1, 0.15) is 5.69 Å². The summed E-state index contributed by atoms with van der Waals surface area (Å²) in [5, 5.41) is 7.24. The van der Waals surface area contributed by atoms with Crippen LogP contribution in [0.3, 0.4) is 0 Å². The highest BCUT2D eigenvalue weighted by molar-refractivity contribution is 5.92. The first-order chi connectivity index (χ1) is 12.0. The highest BCUT2D eigenvalue weighted by Crippen LogP contribution is 2.29. The van der Waals surface area contributed by atoms with Gasteiger partial charge >= 0.3 is 0 Å². The number of nitrogens with one attached hydrogen (secondary N) is 1. The van der Waals surface area contributed by atoms with Crippen molar-refractivity contribution < 1.29 is 14.3 Å². The first-order valence-corrected chi connectivity index (χ1v) is 8.51. The molecule has 2 aromatic heterocycles. The summed E-state index contributed by atoms with van der Waals surface area (Å²) >= 11 is 0. The number of hydrogen-bond acceptors (Lipinski definition) is 5. The summed E-state index contributed by atoms with van der Waals surface area (Å²) in [4.78, 5) is 19.3. The second-order valence-corrected chi connectivity index (χ2v) is 6.46. The van der Waals surface area contributed by atoms with Gasteiger partial charge in [-0.1, -0.05) is 6.07 Å². The Morgan fingerprint density at radius 2 is 2.20 bits per heavy atom. The highest BCUT2D eigenvalue weighted by Gasteiger charge is 2.33. The number of aromatic amines is 1. The lowest BCUT2D eigenvalue weighted by molar-refractivity contribution is -0.00338. The predicted molar refractivity (Wildman–Crippen MR) is 92.7 cm³/mol. The molecule has 0 saturated carbocycles. The minimum atomic E-state index is -0.170. The molecule has 1 amide bonds. The fourth-order valence-corrected chi connectivity index (χ4v) is 3.12. The number of aromatic nitrogens is 3. The van der Waals surface area contributed by atoms with Crippen LogP contribution < -0.4 is 4.74 Å². The van der Waals surface area contributed by atoms with E-state index < -0.39 is 0 Å². The van der Waals surface area contributed by atoms with Crippen LogP contribution in [-0.2, 0) is 4.74 Å². The summed E-state index contributed by atoms with van der Waals surface area (Å²) in [5.41, 5.74) is 3.23. The number of carbonyl (C=O) groups excluding carboxylic acids is 1. The Hall–Kier alpha value is -2.41. The summed E-state index contributed by atoms with van der Waals surface area (Å²) in [6.45, 7) is 9.24. The van der Waals surface area contributed by atoms with Crippen molar-refractivity contribution in [2.45, 2.75) is 39.8 Å². The third-order valence-corrected chi connectivity index (χ3v) is 4.21. The van der Waals surface area contributed by atoms with E-state index in [4.69, 9.17) is 9.47 Å². The first-order valence-electron chi connectivity index (χ1n) is 8.51. The van der Waals surface area contributed by atoms with Gasteiger partial charge in [-0.3, -0.25) is 9.89 Å². The molecule has 0 radical (unpaired) electrons. The van der Waals surface area contributed by atoms with E-state index in [1.54, 1.807) is 18.2 Å². The highest BCUT2D eigenvalue weighted by atomic mass is 16.5. The van der Waals surface area contributed by atoms with Crippen molar-refractivity contribution in [2.75, 3.05) is 19.8 Å². The maximum Gasteiger partial charge on any atom is 0.273 e. The average molecular weight is 344 g/mol. The summed E-state index contributed by atoms with van der Waals surface area (Å²) in [5.74, 6) is 0.337. The fraction of sp³-hybridized carbons (Fsp3) is 0.500. The zero-order chi connectivity index (χ0) is 18.0. The Morgan fingerprint density at radius 3 is 2.88 bits per heavy atom. The van der Waals surface area contributed by atoms with Gasteiger partial charge in [0.2, 0.25) is 5.88 Å². The molecule has 3 rings (SSSR count). The van der Waals surface area contributed by atoms with Crippen LogP contribution in [0.2, 0.25) is 0 Å². The van der Waals surface area contributed by atoms with E-state index in [0.29, 0.717) is 31.3 Å². The number of carbonyl (C=O) groups is 1. The van der Waals surface area contributed by atoms with Crippen LogP contribution >= 0.6 is 0 Å². The van der Waals surface area contributed by atoms with E-state index in [9.17, 15) is 4.79 Å². The Kier molecular flexibility index (Phi) is 5.03. The lowest BCUT2D eigenvalue weighted by atomic mass is 10.0. The predicted octanol–water partition coefficient (Wildman–Crippen LogP) is 2.42. The Labute approximate surface area is 147 Å². The zero-order valence-corrected chi connectivity index (χ0v) is 15.1. The third-order valence-electron chi connectivity index (χ3n) is 4.21. The third kappa shape index (κ3) is 3.66. The number of hydrogen-bond donors (Lipinski definition) is 1. The molecule has 25 heavy (non-hydrogen) atoms. The maximum absolute atomic E-state index is 13.1. The van der Waals surface area contributed by atoms with Gasteiger partial charge in [-0.2, -0.15) is 5.10 Å². The van der Waals surface area contributed by atoms with E-state index >= 15 is 0 Å².